The molecule has 1 amide bonds. The smallest absolute Gasteiger partial charge is 0.227 e. The molecule has 1 spiro atoms. The highest BCUT2D eigenvalue weighted by Gasteiger charge is 2.51. The summed E-state index contributed by atoms with van der Waals surface area (Å²) in [7, 11) is 0. The van der Waals surface area contributed by atoms with Crippen molar-refractivity contribution in [3.05, 3.63) is 17.5 Å². The molecule has 24 heavy (non-hydrogen) atoms. The number of carbonyl (C=O) groups excluding carboxylic acids is 1. The van der Waals surface area contributed by atoms with Crippen LogP contribution in [0.2, 0.25) is 0 Å². The van der Waals surface area contributed by atoms with E-state index in [1.165, 1.54) is 0 Å². The molecule has 1 aromatic heterocycles. The van der Waals surface area contributed by atoms with Crippen LogP contribution in [-0.4, -0.2) is 65.3 Å². The number of ether oxygens (including phenoxy) is 1. The molecule has 1 unspecified atom stereocenters. The molecule has 134 valence electrons. The van der Waals surface area contributed by atoms with Crippen molar-refractivity contribution in [2.75, 3.05) is 39.4 Å². The van der Waals surface area contributed by atoms with Crippen molar-refractivity contribution in [3.8, 4) is 0 Å². The summed E-state index contributed by atoms with van der Waals surface area (Å²) in [5, 5.41) is 7.38. The Balaban J connectivity index is 1.77. The number of hydrogen-bond donors (Lipinski definition) is 1. The first-order chi connectivity index (χ1) is 11.6. The zero-order chi connectivity index (χ0) is 17.2. The molecule has 0 aliphatic carbocycles. The van der Waals surface area contributed by atoms with Crippen molar-refractivity contribution in [3.63, 3.8) is 0 Å². The lowest BCUT2D eigenvalue weighted by molar-refractivity contribution is -0.140. The van der Waals surface area contributed by atoms with Gasteiger partial charge in [-0.1, -0.05) is 0 Å². The topological polar surface area (TPSA) is 61.5 Å². The fourth-order valence-electron chi connectivity index (χ4n) is 4.36. The number of amides is 1. The number of aromatic amines is 1. The van der Waals surface area contributed by atoms with Gasteiger partial charge in [0.25, 0.3) is 0 Å². The zero-order valence-electron chi connectivity index (χ0n) is 15.2. The number of likely N-dealkylation sites (tertiary alicyclic amines) is 1. The van der Waals surface area contributed by atoms with E-state index in [4.69, 9.17) is 4.74 Å². The summed E-state index contributed by atoms with van der Waals surface area (Å²) in [6.07, 6.45) is 1.97. The number of aryl methyl sites for hydroxylation is 1. The maximum atomic E-state index is 13.1. The quantitative estimate of drug-likeness (QED) is 0.892. The van der Waals surface area contributed by atoms with Crippen molar-refractivity contribution in [1.82, 2.24) is 20.0 Å². The standard InChI is InChI=1S/C18H30N4O2/c1-4-22(5-2)17(23)16-12-21(11-15-10-14(3)19-20-15)13-18(16)6-8-24-9-7-18/h10,16H,4-9,11-13H2,1-3H3,(H,19,20). The molecule has 2 aliphatic rings. The summed E-state index contributed by atoms with van der Waals surface area (Å²) >= 11 is 0. The highest BCUT2D eigenvalue weighted by Crippen LogP contribution is 2.45. The molecule has 2 aliphatic heterocycles. The molecule has 0 saturated carbocycles. The third kappa shape index (κ3) is 3.35. The first kappa shape index (κ1) is 17.4. The molecular formula is C18H30N4O2. The van der Waals surface area contributed by atoms with Crippen molar-refractivity contribution in [1.29, 1.82) is 0 Å². The number of carbonyl (C=O) groups is 1. The Morgan fingerprint density at radius 1 is 1.42 bits per heavy atom. The van der Waals surface area contributed by atoms with E-state index in [9.17, 15) is 4.79 Å². The first-order valence-electron chi connectivity index (χ1n) is 9.17. The zero-order valence-corrected chi connectivity index (χ0v) is 15.2. The molecule has 1 aromatic rings. The molecular weight excluding hydrogens is 304 g/mol. The fraction of sp³-hybridized carbons (Fsp3) is 0.778. The van der Waals surface area contributed by atoms with Crippen LogP contribution in [0, 0.1) is 18.3 Å². The Morgan fingerprint density at radius 2 is 2.12 bits per heavy atom. The molecule has 2 fully saturated rings. The van der Waals surface area contributed by atoms with E-state index in [1.54, 1.807) is 0 Å². The van der Waals surface area contributed by atoms with Gasteiger partial charge in [0.15, 0.2) is 0 Å². The summed E-state index contributed by atoms with van der Waals surface area (Å²) in [5.41, 5.74) is 2.22. The predicted molar refractivity (Wildman–Crippen MR) is 92.5 cm³/mol. The van der Waals surface area contributed by atoms with Crippen molar-refractivity contribution >= 4 is 5.91 Å². The average molecular weight is 334 g/mol. The molecule has 6 nitrogen and oxygen atoms in total. The second-order valence-electron chi connectivity index (χ2n) is 7.25. The van der Waals surface area contributed by atoms with E-state index in [0.29, 0.717) is 5.91 Å². The summed E-state index contributed by atoms with van der Waals surface area (Å²) in [4.78, 5) is 17.5. The third-order valence-electron chi connectivity index (χ3n) is 5.72. The lowest BCUT2D eigenvalue weighted by Gasteiger charge is -2.39. The monoisotopic (exact) mass is 334 g/mol. The van der Waals surface area contributed by atoms with Crippen LogP contribution < -0.4 is 0 Å². The molecule has 3 heterocycles. The van der Waals surface area contributed by atoms with Crippen LogP contribution in [-0.2, 0) is 16.1 Å². The van der Waals surface area contributed by atoms with Gasteiger partial charge >= 0.3 is 0 Å². The molecule has 2 saturated heterocycles. The summed E-state index contributed by atoms with van der Waals surface area (Å²) in [6.45, 7) is 11.9. The minimum Gasteiger partial charge on any atom is -0.381 e. The van der Waals surface area contributed by atoms with Gasteiger partial charge in [-0.15, -0.1) is 0 Å². The lowest BCUT2D eigenvalue weighted by atomic mass is 9.71. The fourth-order valence-corrected chi connectivity index (χ4v) is 4.36. The van der Waals surface area contributed by atoms with Gasteiger partial charge < -0.3 is 9.64 Å². The van der Waals surface area contributed by atoms with Gasteiger partial charge in [-0.3, -0.25) is 14.8 Å². The van der Waals surface area contributed by atoms with Crippen LogP contribution in [0.3, 0.4) is 0 Å². The van der Waals surface area contributed by atoms with E-state index < -0.39 is 0 Å². The van der Waals surface area contributed by atoms with E-state index in [1.807, 2.05) is 11.8 Å². The van der Waals surface area contributed by atoms with Crippen LogP contribution in [0.4, 0.5) is 0 Å². The van der Waals surface area contributed by atoms with E-state index in [0.717, 1.165) is 70.2 Å². The summed E-state index contributed by atoms with van der Waals surface area (Å²) in [5.74, 6) is 0.406. The van der Waals surface area contributed by atoms with E-state index in [2.05, 4.69) is 35.0 Å². The normalized spacial score (nSPS) is 23.7. The number of aromatic nitrogens is 2. The molecule has 1 N–H and O–H groups in total. The van der Waals surface area contributed by atoms with Gasteiger partial charge in [0.1, 0.15) is 0 Å². The van der Waals surface area contributed by atoms with Gasteiger partial charge in [-0.2, -0.15) is 5.10 Å². The van der Waals surface area contributed by atoms with E-state index >= 15 is 0 Å². The SMILES string of the molecule is CCN(CC)C(=O)C1CN(Cc2cc(C)[nH]n2)CC12CCOCC2. The lowest BCUT2D eigenvalue weighted by Crippen LogP contribution is -2.46. The second-order valence-corrected chi connectivity index (χ2v) is 7.25. The van der Waals surface area contributed by atoms with Crippen LogP contribution in [0.5, 0.6) is 0 Å². The van der Waals surface area contributed by atoms with Gasteiger partial charge in [0.05, 0.1) is 11.6 Å². The second kappa shape index (κ2) is 7.23. The van der Waals surface area contributed by atoms with Crippen molar-refractivity contribution in [2.45, 2.75) is 40.2 Å². The average Bonchev–Trinajstić information content (AvgIpc) is 3.13. The van der Waals surface area contributed by atoms with Crippen molar-refractivity contribution in [2.24, 2.45) is 11.3 Å². The number of nitrogens with zero attached hydrogens (tertiary/aromatic N) is 3. The largest absolute Gasteiger partial charge is 0.381 e. The minimum absolute atomic E-state index is 0.0727. The highest BCUT2D eigenvalue weighted by molar-refractivity contribution is 5.80. The number of H-pyrrole nitrogens is 1. The number of nitrogens with one attached hydrogen (secondary N) is 1. The van der Waals surface area contributed by atoms with Crippen LogP contribution in [0.25, 0.3) is 0 Å². The van der Waals surface area contributed by atoms with Crippen LogP contribution in [0.1, 0.15) is 38.1 Å². The molecule has 3 rings (SSSR count). The maximum absolute atomic E-state index is 13.1. The summed E-state index contributed by atoms with van der Waals surface area (Å²) < 4.78 is 5.59. The van der Waals surface area contributed by atoms with Crippen LogP contribution >= 0.6 is 0 Å². The Morgan fingerprint density at radius 3 is 2.71 bits per heavy atom. The van der Waals surface area contributed by atoms with Crippen LogP contribution in [0.15, 0.2) is 6.07 Å². The Labute approximate surface area is 144 Å². The Kier molecular flexibility index (Phi) is 5.25. The van der Waals surface area contributed by atoms with E-state index in [-0.39, 0.29) is 11.3 Å². The summed E-state index contributed by atoms with van der Waals surface area (Å²) in [6, 6.07) is 2.09. The van der Waals surface area contributed by atoms with Gasteiger partial charge in [-0.05, 0) is 39.7 Å². The minimum atomic E-state index is 0.0727. The Hall–Kier alpha value is -1.40. The van der Waals surface area contributed by atoms with Crippen molar-refractivity contribution < 1.29 is 9.53 Å². The first-order valence-corrected chi connectivity index (χ1v) is 9.17. The number of rotatable bonds is 5. The molecule has 0 radical (unpaired) electrons. The Bertz CT molecular complexity index is 561. The van der Waals surface area contributed by atoms with Gasteiger partial charge in [-0.25, -0.2) is 0 Å². The van der Waals surface area contributed by atoms with Gasteiger partial charge in [0.2, 0.25) is 5.91 Å². The third-order valence-corrected chi connectivity index (χ3v) is 5.72. The number of hydrogen-bond acceptors (Lipinski definition) is 4. The molecule has 1 atom stereocenters. The highest BCUT2D eigenvalue weighted by atomic mass is 16.5. The van der Waals surface area contributed by atoms with Gasteiger partial charge in [0, 0.05) is 57.0 Å². The maximum Gasteiger partial charge on any atom is 0.227 e. The predicted octanol–water partition coefficient (Wildman–Crippen LogP) is 1.82. The molecule has 6 heteroatoms. The molecule has 0 bridgehead atoms. The molecule has 0 aromatic carbocycles.